The maximum Gasteiger partial charge on any atom is 0.220 e. The second kappa shape index (κ2) is 36.7. The van der Waals surface area contributed by atoms with Gasteiger partial charge in [0.2, 0.25) is 5.91 Å². The van der Waals surface area contributed by atoms with Gasteiger partial charge in [0.25, 0.3) is 0 Å². The van der Waals surface area contributed by atoms with E-state index in [2.05, 4.69) is 43.5 Å². The number of aliphatic hydroxyl groups excluding tert-OH is 5. The van der Waals surface area contributed by atoms with E-state index in [1.165, 1.54) is 128 Å². The number of carbonyl (C=O) groups is 1. The number of amides is 1. The van der Waals surface area contributed by atoms with Crippen LogP contribution in [-0.2, 0) is 14.3 Å². The number of hydrogen-bond acceptors (Lipinski definition) is 8. The lowest BCUT2D eigenvalue weighted by molar-refractivity contribution is -0.302. The largest absolute Gasteiger partial charge is 0.394 e. The van der Waals surface area contributed by atoms with Crippen molar-refractivity contribution in [1.29, 1.82) is 0 Å². The summed E-state index contributed by atoms with van der Waals surface area (Å²) in [5, 5.41) is 53.8. The normalized spacial score (nSPS) is 21.6. The van der Waals surface area contributed by atoms with E-state index in [4.69, 9.17) is 9.47 Å². The molecule has 0 aromatic heterocycles. The quantitative estimate of drug-likeness (QED) is 0.0270. The molecule has 7 unspecified atom stereocenters. The van der Waals surface area contributed by atoms with Gasteiger partial charge in [-0.3, -0.25) is 4.79 Å². The topological polar surface area (TPSA) is 149 Å². The van der Waals surface area contributed by atoms with Crippen molar-refractivity contribution in [3.63, 3.8) is 0 Å². The molecular formula is C46H85NO8. The summed E-state index contributed by atoms with van der Waals surface area (Å²) in [7, 11) is 0. The SMILES string of the molecule is CCCCCCC/C=C\C/C=C\CCCCCCCCCCCCCCCC(=O)NC(COC1OC(CO)C(O)C(O)C1O)C(O)/C=C/CCCCCCC. The molecule has 9 nitrogen and oxygen atoms in total. The van der Waals surface area contributed by atoms with Crippen molar-refractivity contribution >= 4 is 5.91 Å². The first-order valence-corrected chi connectivity index (χ1v) is 22.7. The van der Waals surface area contributed by atoms with Crippen LogP contribution in [0.2, 0.25) is 0 Å². The molecule has 1 aliphatic rings. The molecule has 1 saturated heterocycles. The molecule has 1 fully saturated rings. The molecule has 9 heteroatoms. The van der Waals surface area contributed by atoms with Crippen molar-refractivity contribution < 1.29 is 39.8 Å². The summed E-state index contributed by atoms with van der Waals surface area (Å²) in [5.74, 6) is -0.183. The fraction of sp³-hybridized carbons (Fsp3) is 0.848. The third kappa shape index (κ3) is 27.6. The Morgan fingerprint density at radius 2 is 1.07 bits per heavy atom. The Hall–Kier alpha value is -1.59. The van der Waals surface area contributed by atoms with E-state index >= 15 is 0 Å². The van der Waals surface area contributed by atoms with Crippen LogP contribution in [0.4, 0.5) is 0 Å². The lowest BCUT2D eigenvalue weighted by Gasteiger charge is -2.40. The zero-order valence-electron chi connectivity index (χ0n) is 35.2. The molecule has 0 aromatic carbocycles. The molecule has 1 aliphatic heterocycles. The molecule has 1 rings (SSSR count). The first-order chi connectivity index (χ1) is 26.8. The van der Waals surface area contributed by atoms with Gasteiger partial charge in [-0.1, -0.05) is 172 Å². The molecule has 0 radical (unpaired) electrons. The minimum absolute atomic E-state index is 0.183. The third-order valence-electron chi connectivity index (χ3n) is 10.7. The van der Waals surface area contributed by atoms with Gasteiger partial charge in [0, 0.05) is 6.42 Å². The van der Waals surface area contributed by atoms with Gasteiger partial charge in [0.15, 0.2) is 6.29 Å². The van der Waals surface area contributed by atoms with Gasteiger partial charge < -0.3 is 40.3 Å². The Kier molecular flexibility index (Phi) is 34.3. The summed E-state index contributed by atoms with van der Waals surface area (Å²) in [6.07, 6.45) is 37.9. The molecule has 322 valence electrons. The molecule has 0 spiro atoms. The predicted molar refractivity (Wildman–Crippen MR) is 226 cm³/mol. The highest BCUT2D eigenvalue weighted by Crippen LogP contribution is 2.22. The molecule has 6 N–H and O–H groups in total. The summed E-state index contributed by atoms with van der Waals surface area (Å²) < 4.78 is 11.1. The van der Waals surface area contributed by atoms with Crippen LogP contribution in [0, 0.1) is 0 Å². The van der Waals surface area contributed by atoms with Gasteiger partial charge in [-0.15, -0.1) is 0 Å². The fourth-order valence-electron chi connectivity index (χ4n) is 7.01. The van der Waals surface area contributed by atoms with E-state index in [0.29, 0.717) is 6.42 Å². The minimum Gasteiger partial charge on any atom is -0.394 e. The molecule has 0 saturated carbocycles. The zero-order chi connectivity index (χ0) is 40.2. The van der Waals surface area contributed by atoms with Crippen molar-refractivity contribution in [1.82, 2.24) is 5.32 Å². The van der Waals surface area contributed by atoms with Crippen LogP contribution in [0.15, 0.2) is 36.5 Å². The summed E-state index contributed by atoms with van der Waals surface area (Å²) in [4.78, 5) is 12.9. The number of aliphatic hydroxyl groups is 5. The lowest BCUT2D eigenvalue weighted by atomic mass is 9.99. The van der Waals surface area contributed by atoms with Crippen molar-refractivity contribution in [2.75, 3.05) is 13.2 Å². The maximum atomic E-state index is 12.9. The van der Waals surface area contributed by atoms with Gasteiger partial charge in [0.05, 0.1) is 25.4 Å². The van der Waals surface area contributed by atoms with Gasteiger partial charge in [-0.25, -0.2) is 0 Å². The molecule has 1 heterocycles. The Bertz CT molecular complexity index is 956. The number of nitrogens with one attached hydrogen (secondary N) is 1. The van der Waals surface area contributed by atoms with Crippen LogP contribution in [0.25, 0.3) is 0 Å². The third-order valence-corrected chi connectivity index (χ3v) is 10.7. The minimum atomic E-state index is -1.56. The van der Waals surface area contributed by atoms with E-state index in [1.54, 1.807) is 6.08 Å². The standard InChI is InChI=1S/C46H85NO8/c1-3-5-7-9-11-12-13-14-15-16-17-18-19-20-21-22-23-24-25-26-27-28-30-32-34-36-42(50)47-39(40(49)35-33-31-29-10-8-6-4-2)38-54-46-45(53)44(52)43(51)41(37-48)55-46/h13-14,16-17,33,35,39-41,43-46,48-49,51-53H,3-12,15,18-32,34,36-38H2,1-2H3,(H,47,50)/b14-13-,17-16-,35-33+. The average molecular weight is 780 g/mol. The molecule has 0 aliphatic carbocycles. The maximum absolute atomic E-state index is 12.9. The van der Waals surface area contributed by atoms with Crippen molar-refractivity contribution in [2.45, 2.75) is 236 Å². The first kappa shape index (κ1) is 51.4. The van der Waals surface area contributed by atoms with Crippen LogP contribution in [0.5, 0.6) is 0 Å². The highest BCUT2D eigenvalue weighted by atomic mass is 16.7. The molecule has 0 bridgehead atoms. The first-order valence-electron chi connectivity index (χ1n) is 22.7. The van der Waals surface area contributed by atoms with Crippen LogP contribution in [0.1, 0.15) is 194 Å². The number of unbranched alkanes of at least 4 members (excludes halogenated alkanes) is 23. The predicted octanol–water partition coefficient (Wildman–Crippen LogP) is 9.28. The summed E-state index contributed by atoms with van der Waals surface area (Å²) in [5.41, 5.74) is 0. The monoisotopic (exact) mass is 780 g/mol. The van der Waals surface area contributed by atoms with Crippen LogP contribution in [0.3, 0.4) is 0 Å². The second-order valence-corrected chi connectivity index (χ2v) is 15.8. The highest BCUT2D eigenvalue weighted by molar-refractivity contribution is 5.76. The van der Waals surface area contributed by atoms with Gasteiger partial charge in [0.1, 0.15) is 24.4 Å². The Labute approximate surface area is 336 Å². The number of allylic oxidation sites excluding steroid dienone is 5. The Balaban J connectivity index is 2.18. The number of carbonyl (C=O) groups excluding carboxylic acids is 1. The number of hydrogen-bond donors (Lipinski definition) is 6. The van der Waals surface area contributed by atoms with Crippen molar-refractivity contribution in [3.8, 4) is 0 Å². The molecule has 7 atom stereocenters. The Morgan fingerprint density at radius 3 is 1.56 bits per heavy atom. The number of ether oxygens (including phenoxy) is 2. The fourth-order valence-corrected chi connectivity index (χ4v) is 7.01. The smallest absolute Gasteiger partial charge is 0.220 e. The van der Waals surface area contributed by atoms with E-state index in [-0.39, 0.29) is 12.5 Å². The van der Waals surface area contributed by atoms with Crippen LogP contribution >= 0.6 is 0 Å². The van der Waals surface area contributed by atoms with Crippen LogP contribution in [-0.4, -0.2) is 87.5 Å². The van der Waals surface area contributed by atoms with Gasteiger partial charge >= 0.3 is 0 Å². The molecule has 1 amide bonds. The van der Waals surface area contributed by atoms with E-state index < -0.39 is 49.5 Å². The summed E-state index contributed by atoms with van der Waals surface area (Å²) in [6.45, 7) is 3.69. The Morgan fingerprint density at radius 1 is 0.618 bits per heavy atom. The number of rotatable bonds is 37. The van der Waals surface area contributed by atoms with Crippen molar-refractivity contribution in [2.24, 2.45) is 0 Å². The zero-order valence-corrected chi connectivity index (χ0v) is 35.2. The highest BCUT2D eigenvalue weighted by Gasteiger charge is 2.44. The van der Waals surface area contributed by atoms with E-state index in [1.807, 2.05) is 6.08 Å². The van der Waals surface area contributed by atoms with E-state index in [9.17, 15) is 30.3 Å². The summed E-state index contributed by atoms with van der Waals surface area (Å²) in [6, 6.07) is -0.801. The second-order valence-electron chi connectivity index (χ2n) is 15.8. The molecular weight excluding hydrogens is 695 g/mol. The molecule has 55 heavy (non-hydrogen) atoms. The van der Waals surface area contributed by atoms with Gasteiger partial charge in [-0.05, 0) is 51.4 Å². The lowest BCUT2D eigenvalue weighted by Crippen LogP contribution is -2.60. The van der Waals surface area contributed by atoms with Gasteiger partial charge in [-0.2, -0.15) is 0 Å². The van der Waals surface area contributed by atoms with Crippen LogP contribution < -0.4 is 5.32 Å². The van der Waals surface area contributed by atoms with Crippen molar-refractivity contribution in [3.05, 3.63) is 36.5 Å². The average Bonchev–Trinajstić information content (AvgIpc) is 3.18. The van der Waals surface area contributed by atoms with E-state index in [0.717, 1.165) is 44.9 Å². The molecule has 0 aromatic rings. The summed E-state index contributed by atoms with van der Waals surface area (Å²) >= 11 is 0.